The van der Waals surface area contributed by atoms with Gasteiger partial charge in [-0.25, -0.2) is 0 Å². The van der Waals surface area contributed by atoms with Crippen molar-refractivity contribution in [3.63, 3.8) is 0 Å². The first-order valence-corrected chi connectivity index (χ1v) is 6.94. The predicted octanol–water partition coefficient (Wildman–Crippen LogP) is 3.63. The fourth-order valence-corrected chi connectivity index (χ4v) is 2.08. The zero-order chi connectivity index (χ0) is 14.2. The number of para-hydroxylation sites is 1. The van der Waals surface area contributed by atoms with Crippen molar-refractivity contribution in [3.05, 3.63) is 54.6 Å². The number of benzene rings is 2. The highest BCUT2D eigenvalue weighted by Crippen LogP contribution is 2.19. The second-order valence-corrected chi connectivity index (χ2v) is 4.77. The molecule has 2 aromatic carbocycles. The molecular weight excluding hydrogens is 248 g/mol. The van der Waals surface area contributed by atoms with Gasteiger partial charge in [0.1, 0.15) is 5.75 Å². The third-order valence-corrected chi connectivity index (χ3v) is 3.27. The molecule has 0 radical (unpaired) electrons. The predicted molar refractivity (Wildman–Crippen MR) is 85.8 cm³/mol. The van der Waals surface area contributed by atoms with Crippen LogP contribution in [-0.2, 0) is 0 Å². The van der Waals surface area contributed by atoms with Crippen LogP contribution in [0.25, 0.3) is 0 Å². The van der Waals surface area contributed by atoms with Gasteiger partial charge in [0.05, 0.1) is 7.11 Å². The maximum absolute atomic E-state index is 5.25. The Hall–Kier alpha value is -2.16. The topological polar surface area (TPSA) is 24.5 Å². The average Bonchev–Trinajstić information content (AvgIpc) is 2.52. The van der Waals surface area contributed by atoms with Gasteiger partial charge >= 0.3 is 0 Å². The molecule has 0 amide bonds. The molecule has 0 fully saturated rings. The third kappa shape index (κ3) is 4.19. The molecule has 0 bridgehead atoms. The number of rotatable bonds is 7. The fraction of sp³-hybridized carbons (Fsp3) is 0.294. The van der Waals surface area contributed by atoms with E-state index in [0.29, 0.717) is 0 Å². The number of ether oxygens (including phenoxy) is 1. The molecule has 2 rings (SSSR count). The van der Waals surface area contributed by atoms with Gasteiger partial charge < -0.3 is 15.0 Å². The fourth-order valence-electron chi connectivity index (χ4n) is 2.08. The van der Waals surface area contributed by atoms with Crippen LogP contribution in [0.5, 0.6) is 5.75 Å². The van der Waals surface area contributed by atoms with Crippen LogP contribution < -0.4 is 15.0 Å². The summed E-state index contributed by atoms with van der Waals surface area (Å²) in [4.78, 5) is 2.25. The molecule has 20 heavy (non-hydrogen) atoms. The molecule has 0 aliphatic heterocycles. The van der Waals surface area contributed by atoms with Crippen molar-refractivity contribution >= 4 is 11.4 Å². The first kappa shape index (κ1) is 14.3. The minimum atomic E-state index is 0.900. The average molecular weight is 270 g/mol. The molecule has 0 aromatic heterocycles. The van der Waals surface area contributed by atoms with E-state index in [4.69, 9.17) is 4.74 Å². The summed E-state index contributed by atoms with van der Waals surface area (Å²) in [5, 5.41) is 3.42. The number of anilines is 2. The van der Waals surface area contributed by atoms with Gasteiger partial charge in [-0.05, 0) is 30.7 Å². The number of hydrogen-bond acceptors (Lipinski definition) is 3. The largest absolute Gasteiger partial charge is 0.497 e. The Morgan fingerprint density at radius 1 is 1.05 bits per heavy atom. The van der Waals surface area contributed by atoms with E-state index in [1.54, 1.807) is 7.11 Å². The van der Waals surface area contributed by atoms with Crippen LogP contribution in [0.3, 0.4) is 0 Å². The lowest BCUT2D eigenvalue weighted by atomic mass is 10.2. The molecule has 2 aromatic rings. The highest BCUT2D eigenvalue weighted by molar-refractivity contribution is 5.50. The highest BCUT2D eigenvalue weighted by Gasteiger charge is 2.01. The standard InChI is InChI=1S/C17H22N2O/c1-19(16-10-6-11-17(14-16)20-2)13-7-12-18-15-8-4-3-5-9-15/h3-6,8-11,14,18H,7,12-13H2,1-2H3. The summed E-state index contributed by atoms with van der Waals surface area (Å²) < 4.78 is 5.25. The van der Waals surface area contributed by atoms with Crippen LogP contribution >= 0.6 is 0 Å². The molecule has 106 valence electrons. The summed E-state index contributed by atoms with van der Waals surface area (Å²) in [6.45, 7) is 1.98. The van der Waals surface area contributed by atoms with Crippen molar-refractivity contribution in [3.8, 4) is 5.75 Å². The summed E-state index contributed by atoms with van der Waals surface area (Å²) >= 11 is 0. The van der Waals surface area contributed by atoms with E-state index >= 15 is 0 Å². The normalized spacial score (nSPS) is 10.1. The van der Waals surface area contributed by atoms with Gasteiger partial charge in [-0.3, -0.25) is 0 Å². The molecule has 0 heterocycles. The van der Waals surface area contributed by atoms with Gasteiger partial charge in [0.25, 0.3) is 0 Å². The van der Waals surface area contributed by atoms with E-state index in [1.807, 2.05) is 30.3 Å². The van der Waals surface area contributed by atoms with Gasteiger partial charge in [0, 0.05) is 37.6 Å². The Balaban J connectivity index is 1.76. The summed E-state index contributed by atoms with van der Waals surface area (Å²) in [7, 11) is 3.81. The molecule has 3 nitrogen and oxygen atoms in total. The zero-order valence-corrected chi connectivity index (χ0v) is 12.2. The Bertz CT molecular complexity index is 513. The van der Waals surface area contributed by atoms with Gasteiger partial charge in [0.2, 0.25) is 0 Å². The second-order valence-electron chi connectivity index (χ2n) is 4.77. The molecule has 0 saturated heterocycles. The molecule has 0 spiro atoms. The van der Waals surface area contributed by atoms with Crippen LogP contribution in [0.1, 0.15) is 6.42 Å². The Labute approximate surface area is 121 Å². The van der Waals surface area contributed by atoms with Crippen molar-refractivity contribution in [1.29, 1.82) is 0 Å². The van der Waals surface area contributed by atoms with E-state index in [1.165, 1.54) is 11.4 Å². The maximum Gasteiger partial charge on any atom is 0.120 e. The molecular formula is C17H22N2O. The zero-order valence-electron chi connectivity index (χ0n) is 12.2. The minimum absolute atomic E-state index is 0.900. The van der Waals surface area contributed by atoms with Gasteiger partial charge in [-0.15, -0.1) is 0 Å². The van der Waals surface area contributed by atoms with E-state index in [2.05, 4.69) is 41.5 Å². The Kier molecular flexibility index (Phi) is 5.30. The van der Waals surface area contributed by atoms with E-state index in [0.717, 1.165) is 25.3 Å². The van der Waals surface area contributed by atoms with Crippen molar-refractivity contribution in [2.24, 2.45) is 0 Å². The lowest BCUT2D eigenvalue weighted by Gasteiger charge is -2.20. The Morgan fingerprint density at radius 2 is 1.85 bits per heavy atom. The van der Waals surface area contributed by atoms with Crippen LogP contribution in [0.2, 0.25) is 0 Å². The number of nitrogens with one attached hydrogen (secondary N) is 1. The number of nitrogens with zero attached hydrogens (tertiary/aromatic N) is 1. The SMILES string of the molecule is COc1cccc(N(C)CCCNc2ccccc2)c1. The highest BCUT2D eigenvalue weighted by atomic mass is 16.5. The summed E-state index contributed by atoms with van der Waals surface area (Å²) in [6, 6.07) is 18.5. The molecule has 0 aliphatic rings. The van der Waals surface area contributed by atoms with Crippen molar-refractivity contribution in [1.82, 2.24) is 0 Å². The first-order chi connectivity index (χ1) is 9.79. The van der Waals surface area contributed by atoms with Crippen molar-refractivity contribution < 1.29 is 4.74 Å². The van der Waals surface area contributed by atoms with Crippen molar-refractivity contribution in [2.45, 2.75) is 6.42 Å². The Morgan fingerprint density at radius 3 is 2.60 bits per heavy atom. The van der Waals surface area contributed by atoms with Crippen LogP contribution in [-0.4, -0.2) is 27.2 Å². The number of methoxy groups -OCH3 is 1. The van der Waals surface area contributed by atoms with Gasteiger partial charge in [-0.1, -0.05) is 24.3 Å². The van der Waals surface area contributed by atoms with Gasteiger partial charge in [-0.2, -0.15) is 0 Å². The summed E-state index contributed by atoms with van der Waals surface area (Å²) in [5.41, 5.74) is 2.36. The van der Waals surface area contributed by atoms with Gasteiger partial charge in [0.15, 0.2) is 0 Å². The molecule has 3 heteroatoms. The molecule has 0 unspecified atom stereocenters. The monoisotopic (exact) mass is 270 g/mol. The van der Waals surface area contributed by atoms with Crippen LogP contribution in [0, 0.1) is 0 Å². The maximum atomic E-state index is 5.25. The van der Waals surface area contributed by atoms with E-state index < -0.39 is 0 Å². The second kappa shape index (κ2) is 7.43. The quantitative estimate of drug-likeness (QED) is 0.777. The summed E-state index contributed by atoms with van der Waals surface area (Å²) in [6.07, 6.45) is 1.09. The van der Waals surface area contributed by atoms with E-state index in [9.17, 15) is 0 Å². The molecule has 1 N–H and O–H groups in total. The van der Waals surface area contributed by atoms with Crippen LogP contribution in [0.4, 0.5) is 11.4 Å². The van der Waals surface area contributed by atoms with E-state index in [-0.39, 0.29) is 0 Å². The van der Waals surface area contributed by atoms with Crippen LogP contribution in [0.15, 0.2) is 54.6 Å². The molecule has 0 saturated carbocycles. The number of hydrogen-bond donors (Lipinski definition) is 1. The lowest BCUT2D eigenvalue weighted by Crippen LogP contribution is -2.20. The third-order valence-electron chi connectivity index (χ3n) is 3.27. The van der Waals surface area contributed by atoms with Crippen molar-refractivity contribution in [2.75, 3.05) is 37.5 Å². The first-order valence-electron chi connectivity index (χ1n) is 6.94. The molecule has 0 aliphatic carbocycles. The lowest BCUT2D eigenvalue weighted by molar-refractivity contribution is 0.415. The smallest absolute Gasteiger partial charge is 0.120 e. The minimum Gasteiger partial charge on any atom is -0.497 e. The summed E-state index contributed by atoms with van der Waals surface area (Å²) in [5.74, 6) is 0.900. The molecule has 0 atom stereocenters.